The standard InChI is InChI=1S/C50H39N3O/c1-7-37-42(8-2)51-48(52-46(37)32(4)29-36(34-20-13-10-14-21-34)28-31(3)33-18-11-9-12-19-33)35-26-27-43-41(30-35)50(5,6)40-24-17-23-39-45-38-22-15-16-25-44(38)54-49(45)53(43)47(39)40/h7-30H,1-3H2,4-6H3/b32-29+,36-28+. The fraction of sp³-hybridized carbons (Fsp3) is 0.0800. The highest BCUT2D eigenvalue weighted by Crippen LogP contribution is 2.50. The smallest absolute Gasteiger partial charge is 0.213 e. The number of aromatic nitrogens is 3. The summed E-state index contributed by atoms with van der Waals surface area (Å²) in [4.78, 5) is 10.3. The molecule has 0 spiro atoms. The summed E-state index contributed by atoms with van der Waals surface area (Å²) in [6, 6.07) is 42.1. The van der Waals surface area contributed by atoms with Crippen molar-refractivity contribution in [1.29, 1.82) is 0 Å². The molecule has 0 aliphatic carbocycles. The van der Waals surface area contributed by atoms with Crippen LogP contribution >= 0.6 is 0 Å². The molecule has 0 amide bonds. The molecule has 8 aromatic rings. The number of nitrogens with zero attached hydrogens (tertiary/aromatic N) is 3. The summed E-state index contributed by atoms with van der Waals surface area (Å²) in [5.41, 5.74) is 14.6. The second-order valence-electron chi connectivity index (χ2n) is 14.5. The van der Waals surface area contributed by atoms with Crippen LogP contribution in [0.4, 0.5) is 0 Å². The van der Waals surface area contributed by atoms with Gasteiger partial charge in [0.1, 0.15) is 5.58 Å². The maximum Gasteiger partial charge on any atom is 0.213 e. The second kappa shape index (κ2) is 12.7. The molecule has 1 aliphatic rings. The molecule has 0 radical (unpaired) electrons. The molecule has 5 aromatic carbocycles. The van der Waals surface area contributed by atoms with Gasteiger partial charge in [-0.15, -0.1) is 0 Å². The van der Waals surface area contributed by atoms with Crippen molar-refractivity contribution in [3.63, 3.8) is 0 Å². The lowest BCUT2D eigenvalue weighted by molar-refractivity contribution is 0.612. The molecule has 0 unspecified atom stereocenters. The van der Waals surface area contributed by atoms with Crippen LogP contribution in [-0.2, 0) is 5.41 Å². The average Bonchev–Trinajstić information content (AvgIpc) is 3.75. The number of allylic oxidation sites excluding steroid dienone is 5. The quantitative estimate of drug-likeness (QED) is 0.148. The van der Waals surface area contributed by atoms with E-state index in [-0.39, 0.29) is 5.41 Å². The molecule has 9 rings (SSSR count). The van der Waals surface area contributed by atoms with Gasteiger partial charge in [0.25, 0.3) is 0 Å². The zero-order chi connectivity index (χ0) is 37.1. The predicted molar refractivity (Wildman–Crippen MR) is 227 cm³/mol. The van der Waals surface area contributed by atoms with Crippen LogP contribution in [-0.4, -0.2) is 14.5 Å². The van der Waals surface area contributed by atoms with E-state index in [1.165, 1.54) is 22.0 Å². The Bertz CT molecular complexity index is 2900. The topological polar surface area (TPSA) is 43.9 Å². The number of benzene rings is 5. The van der Waals surface area contributed by atoms with Crippen LogP contribution in [0.2, 0.25) is 0 Å². The number of hydrogen-bond acceptors (Lipinski definition) is 3. The Labute approximate surface area is 315 Å². The van der Waals surface area contributed by atoms with Crippen molar-refractivity contribution < 1.29 is 4.42 Å². The molecule has 4 heteroatoms. The van der Waals surface area contributed by atoms with Crippen LogP contribution in [0.25, 0.3) is 78.9 Å². The summed E-state index contributed by atoms with van der Waals surface area (Å²) in [7, 11) is 0. The highest BCUT2D eigenvalue weighted by Gasteiger charge is 2.37. The Balaban J connectivity index is 1.21. The van der Waals surface area contributed by atoms with E-state index in [1.54, 1.807) is 6.08 Å². The molecule has 0 saturated carbocycles. The van der Waals surface area contributed by atoms with Crippen molar-refractivity contribution in [1.82, 2.24) is 14.5 Å². The lowest BCUT2D eigenvalue weighted by Crippen LogP contribution is -2.26. The van der Waals surface area contributed by atoms with Gasteiger partial charge in [-0.1, -0.05) is 137 Å². The predicted octanol–water partition coefficient (Wildman–Crippen LogP) is 13.1. The monoisotopic (exact) mass is 697 g/mol. The molecule has 54 heavy (non-hydrogen) atoms. The van der Waals surface area contributed by atoms with Gasteiger partial charge >= 0.3 is 0 Å². The fourth-order valence-corrected chi connectivity index (χ4v) is 8.13. The minimum absolute atomic E-state index is 0.302. The van der Waals surface area contributed by atoms with E-state index in [1.807, 2.05) is 42.5 Å². The van der Waals surface area contributed by atoms with Crippen LogP contribution in [0.1, 0.15) is 60.0 Å². The van der Waals surface area contributed by atoms with Crippen molar-refractivity contribution in [2.45, 2.75) is 26.2 Å². The van der Waals surface area contributed by atoms with Crippen LogP contribution in [0.5, 0.6) is 0 Å². The van der Waals surface area contributed by atoms with Crippen molar-refractivity contribution >= 4 is 61.8 Å². The van der Waals surface area contributed by atoms with Crippen molar-refractivity contribution in [2.24, 2.45) is 0 Å². The summed E-state index contributed by atoms with van der Waals surface area (Å²) in [6.07, 6.45) is 7.93. The number of hydrogen-bond donors (Lipinski definition) is 0. The van der Waals surface area contributed by atoms with E-state index in [2.05, 4.69) is 142 Å². The molecule has 4 heterocycles. The van der Waals surface area contributed by atoms with E-state index < -0.39 is 0 Å². The Kier molecular flexibility index (Phi) is 7.79. The Morgan fingerprint density at radius 1 is 0.722 bits per heavy atom. The fourth-order valence-electron chi connectivity index (χ4n) is 8.13. The second-order valence-corrected chi connectivity index (χ2v) is 14.5. The summed E-state index contributed by atoms with van der Waals surface area (Å²) < 4.78 is 8.91. The minimum Gasteiger partial charge on any atom is -0.439 e. The third-order valence-corrected chi connectivity index (χ3v) is 10.9. The van der Waals surface area contributed by atoms with E-state index >= 15 is 0 Å². The summed E-state index contributed by atoms with van der Waals surface area (Å²) in [6.45, 7) is 19.4. The first-order valence-corrected chi connectivity index (χ1v) is 18.3. The minimum atomic E-state index is -0.302. The molecule has 0 N–H and O–H groups in total. The van der Waals surface area contributed by atoms with Gasteiger partial charge in [-0.25, -0.2) is 9.97 Å². The zero-order valence-corrected chi connectivity index (χ0v) is 30.7. The van der Waals surface area contributed by atoms with E-state index in [4.69, 9.17) is 14.4 Å². The van der Waals surface area contributed by atoms with Crippen molar-refractivity contribution in [3.05, 3.63) is 192 Å². The largest absolute Gasteiger partial charge is 0.439 e. The molecule has 1 aliphatic heterocycles. The molecular weight excluding hydrogens is 659 g/mol. The van der Waals surface area contributed by atoms with E-state index in [9.17, 15) is 0 Å². The van der Waals surface area contributed by atoms with Gasteiger partial charge < -0.3 is 4.42 Å². The molecule has 0 bridgehead atoms. The zero-order valence-electron chi connectivity index (χ0n) is 30.7. The number of furan rings is 1. The highest BCUT2D eigenvalue weighted by molar-refractivity contribution is 6.21. The highest BCUT2D eigenvalue weighted by atomic mass is 16.3. The molecule has 3 aromatic heterocycles. The molecular formula is C50H39N3O. The Hall–Kier alpha value is -6.78. The van der Waals surface area contributed by atoms with Gasteiger partial charge in [0.05, 0.1) is 28.0 Å². The van der Waals surface area contributed by atoms with Gasteiger partial charge in [0.15, 0.2) is 5.82 Å². The molecule has 0 atom stereocenters. The van der Waals surface area contributed by atoms with E-state index in [0.717, 1.165) is 78.1 Å². The summed E-state index contributed by atoms with van der Waals surface area (Å²) >= 11 is 0. The molecule has 0 fully saturated rings. The Morgan fingerprint density at radius 3 is 2.17 bits per heavy atom. The summed E-state index contributed by atoms with van der Waals surface area (Å²) in [5.74, 6) is 0.626. The van der Waals surface area contributed by atoms with Crippen LogP contribution in [0.15, 0.2) is 158 Å². The third-order valence-electron chi connectivity index (χ3n) is 10.9. The first-order chi connectivity index (χ1) is 26.3. The molecule has 4 nitrogen and oxygen atoms in total. The third kappa shape index (κ3) is 5.14. The maximum atomic E-state index is 6.60. The SMILES string of the molecule is C=Cc1nc(-c2ccc3c(c2)C(C)(C)c2cccc4c5c6ccccc6oc5n-3c24)nc(/C(C)=C/C(=C\C(=C)c2ccccc2)c2ccccc2)c1C=C. The van der Waals surface area contributed by atoms with Crippen LogP contribution in [0.3, 0.4) is 0 Å². The van der Waals surface area contributed by atoms with Gasteiger partial charge in [-0.2, -0.15) is 0 Å². The van der Waals surface area contributed by atoms with Gasteiger partial charge in [0.2, 0.25) is 5.71 Å². The number of para-hydroxylation sites is 2. The van der Waals surface area contributed by atoms with Gasteiger partial charge in [-0.05, 0) is 88.4 Å². The van der Waals surface area contributed by atoms with E-state index in [0.29, 0.717) is 5.82 Å². The normalized spacial score (nSPS) is 13.7. The van der Waals surface area contributed by atoms with Crippen molar-refractivity contribution in [2.75, 3.05) is 0 Å². The van der Waals surface area contributed by atoms with Crippen LogP contribution < -0.4 is 0 Å². The summed E-state index contributed by atoms with van der Waals surface area (Å²) in [5, 5.41) is 3.49. The first-order valence-electron chi connectivity index (χ1n) is 18.3. The number of rotatable bonds is 8. The first kappa shape index (κ1) is 33.1. The van der Waals surface area contributed by atoms with Gasteiger partial charge in [0, 0.05) is 27.3 Å². The lowest BCUT2D eigenvalue weighted by Gasteiger charge is -2.34. The van der Waals surface area contributed by atoms with Crippen LogP contribution in [0, 0.1) is 0 Å². The van der Waals surface area contributed by atoms with Crippen molar-refractivity contribution in [3.8, 4) is 17.1 Å². The molecule has 0 saturated heterocycles. The average molecular weight is 698 g/mol. The number of fused-ring (bicyclic) bond motifs is 7. The molecule has 260 valence electrons. The maximum absolute atomic E-state index is 6.60. The van der Waals surface area contributed by atoms with Gasteiger partial charge in [-0.3, -0.25) is 4.57 Å². The lowest BCUT2D eigenvalue weighted by atomic mass is 9.74. The Morgan fingerprint density at radius 2 is 1.43 bits per heavy atom.